The zero-order valence-corrected chi connectivity index (χ0v) is 34.0. The Kier molecular flexibility index (Phi) is 36.4. The molecule has 0 saturated carbocycles. The first-order valence-electron chi connectivity index (χ1n) is 20.0. The lowest BCUT2D eigenvalue weighted by Gasteiger charge is -2.20. The van der Waals surface area contributed by atoms with Crippen molar-refractivity contribution in [2.24, 2.45) is 0 Å². The number of esters is 2. The summed E-state index contributed by atoms with van der Waals surface area (Å²) in [5.41, 5.74) is 0. The van der Waals surface area contributed by atoms with E-state index in [-0.39, 0.29) is 19.4 Å². The molecular formula is C43H71O10P. The van der Waals surface area contributed by atoms with Crippen LogP contribution in [0.3, 0.4) is 0 Å². The number of rotatable bonds is 36. The summed E-state index contributed by atoms with van der Waals surface area (Å²) in [7, 11) is -4.64. The Bertz CT molecular complexity index is 1170. The van der Waals surface area contributed by atoms with Gasteiger partial charge in [0.1, 0.15) is 12.7 Å². The number of unbranched alkanes of at least 4 members (excludes halogenated alkanes) is 8. The molecule has 0 aliphatic heterocycles. The summed E-state index contributed by atoms with van der Waals surface area (Å²) in [6, 6.07) is 0. The maximum absolute atomic E-state index is 12.5. The lowest BCUT2D eigenvalue weighted by atomic mass is 10.1. The summed E-state index contributed by atoms with van der Waals surface area (Å²) < 4.78 is 32.5. The number of carbonyl (C=O) groups excluding carboxylic acids is 2. The summed E-state index contributed by atoms with van der Waals surface area (Å²) in [6.07, 6.45) is 44.2. The molecule has 0 fully saturated rings. The van der Waals surface area contributed by atoms with Crippen molar-refractivity contribution in [3.05, 3.63) is 85.1 Å². The maximum Gasteiger partial charge on any atom is 0.472 e. The molecule has 1 unspecified atom stereocenters. The van der Waals surface area contributed by atoms with Crippen LogP contribution < -0.4 is 0 Å². The molecule has 3 atom stereocenters. The Morgan fingerprint density at radius 3 is 1.61 bits per heavy atom. The van der Waals surface area contributed by atoms with Gasteiger partial charge in [-0.15, -0.1) is 0 Å². The van der Waals surface area contributed by atoms with Crippen LogP contribution in [0, 0.1) is 0 Å². The van der Waals surface area contributed by atoms with E-state index in [0.717, 1.165) is 77.0 Å². The molecule has 0 aromatic carbocycles. The standard InChI is InChI=1S/C43H71O10P/c1-3-5-7-9-11-13-15-17-18-19-20-21-22-23-25-27-29-31-33-35-43(47)53-41(39-52-54(48,49)51-37-40(45)36-44)38-50-42(46)34-32-30-28-26-24-16-14-12-10-8-6-4-2/h5,7,11-14,17-18,20-21,23,25,29,31,40-41,44-45H,3-4,6,8-10,15-16,19,22,24,26-28,30,32-39H2,1-2H3,(H,48,49)/b7-5-,13-11-,14-12-,18-17-,21-20-,25-23-,31-29-/t40-,41+/m0/s1. The quantitative estimate of drug-likeness (QED) is 0.0243. The fourth-order valence-electron chi connectivity index (χ4n) is 4.72. The molecule has 10 nitrogen and oxygen atoms in total. The molecule has 0 aromatic heterocycles. The van der Waals surface area contributed by atoms with Crippen molar-refractivity contribution in [2.75, 3.05) is 26.4 Å². The van der Waals surface area contributed by atoms with Gasteiger partial charge in [-0.2, -0.15) is 0 Å². The molecule has 11 heteroatoms. The van der Waals surface area contributed by atoms with Crippen LogP contribution in [0.2, 0.25) is 0 Å². The second kappa shape index (κ2) is 38.4. The highest BCUT2D eigenvalue weighted by Gasteiger charge is 2.27. The van der Waals surface area contributed by atoms with Crippen molar-refractivity contribution in [3.63, 3.8) is 0 Å². The predicted molar refractivity (Wildman–Crippen MR) is 219 cm³/mol. The van der Waals surface area contributed by atoms with Gasteiger partial charge in [-0.05, 0) is 77.0 Å². The van der Waals surface area contributed by atoms with Crippen molar-refractivity contribution in [2.45, 2.75) is 148 Å². The van der Waals surface area contributed by atoms with Crippen molar-refractivity contribution in [1.82, 2.24) is 0 Å². The lowest BCUT2D eigenvalue weighted by molar-refractivity contribution is -0.161. The van der Waals surface area contributed by atoms with E-state index in [1.165, 1.54) is 19.3 Å². The van der Waals surface area contributed by atoms with Crippen molar-refractivity contribution >= 4 is 19.8 Å². The van der Waals surface area contributed by atoms with Gasteiger partial charge in [0.25, 0.3) is 0 Å². The van der Waals surface area contributed by atoms with Crippen LogP contribution in [0.15, 0.2) is 85.1 Å². The van der Waals surface area contributed by atoms with E-state index in [0.29, 0.717) is 12.8 Å². The third-order valence-corrected chi connectivity index (χ3v) is 8.75. The van der Waals surface area contributed by atoms with E-state index in [4.69, 9.17) is 19.1 Å². The molecule has 0 aromatic rings. The van der Waals surface area contributed by atoms with Crippen LogP contribution in [0.5, 0.6) is 0 Å². The topological polar surface area (TPSA) is 149 Å². The molecule has 54 heavy (non-hydrogen) atoms. The second-order valence-corrected chi connectivity index (χ2v) is 14.4. The number of phosphoric acid groups is 1. The molecule has 3 N–H and O–H groups in total. The van der Waals surface area contributed by atoms with E-state index < -0.39 is 51.8 Å². The third kappa shape index (κ3) is 37.5. The summed E-state index contributed by atoms with van der Waals surface area (Å²) in [6.45, 7) is 2.11. The minimum atomic E-state index is -4.64. The Balaban J connectivity index is 4.51. The minimum absolute atomic E-state index is 0.0528. The fourth-order valence-corrected chi connectivity index (χ4v) is 5.51. The maximum atomic E-state index is 12.5. The number of ether oxygens (including phenoxy) is 2. The molecule has 0 aliphatic rings. The lowest BCUT2D eigenvalue weighted by Crippen LogP contribution is -2.29. The van der Waals surface area contributed by atoms with Crippen molar-refractivity contribution in [1.29, 1.82) is 0 Å². The zero-order valence-electron chi connectivity index (χ0n) is 33.1. The predicted octanol–water partition coefficient (Wildman–Crippen LogP) is 10.3. The van der Waals surface area contributed by atoms with Crippen LogP contribution in [-0.2, 0) is 32.7 Å². The highest BCUT2D eigenvalue weighted by atomic mass is 31.2. The molecule has 0 radical (unpaired) electrons. The monoisotopic (exact) mass is 778 g/mol. The van der Waals surface area contributed by atoms with Crippen LogP contribution in [0.25, 0.3) is 0 Å². The Labute approximate surface area is 326 Å². The van der Waals surface area contributed by atoms with E-state index in [2.05, 4.69) is 91.3 Å². The normalized spacial score (nSPS) is 14.8. The molecular weight excluding hydrogens is 707 g/mol. The van der Waals surface area contributed by atoms with Gasteiger partial charge < -0.3 is 24.6 Å². The highest BCUT2D eigenvalue weighted by Crippen LogP contribution is 2.43. The van der Waals surface area contributed by atoms with E-state index in [1.54, 1.807) is 0 Å². The molecule has 0 aliphatic carbocycles. The van der Waals surface area contributed by atoms with Gasteiger partial charge in [-0.1, -0.05) is 131 Å². The average molecular weight is 779 g/mol. The Hall–Kier alpha value is -2.85. The number of hydrogen-bond acceptors (Lipinski definition) is 9. The summed E-state index contributed by atoms with van der Waals surface area (Å²) in [4.78, 5) is 34.8. The van der Waals surface area contributed by atoms with Crippen LogP contribution in [-0.4, -0.2) is 65.7 Å². The number of aliphatic hydroxyl groups excluding tert-OH is 2. The van der Waals surface area contributed by atoms with Gasteiger partial charge in [0.05, 0.1) is 19.8 Å². The highest BCUT2D eigenvalue weighted by molar-refractivity contribution is 7.47. The number of phosphoric ester groups is 1. The van der Waals surface area contributed by atoms with Gasteiger partial charge in [-0.3, -0.25) is 18.6 Å². The molecule has 0 bridgehead atoms. The van der Waals surface area contributed by atoms with Gasteiger partial charge in [0.2, 0.25) is 0 Å². The fraction of sp³-hybridized carbons (Fsp3) is 0.628. The van der Waals surface area contributed by atoms with E-state index in [1.807, 2.05) is 12.2 Å². The number of allylic oxidation sites excluding steroid dienone is 14. The van der Waals surface area contributed by atoms with Crippen molar-refractivity contribution < 1.29 is 47.8 Å². The summed E-state index contributed by atoms with van der Waals surface area (Å²) >= 11 is 0. The first-order chi connectivity index (χ1) is 26.2. The van der Waals surface area contributed by atoms with Crippen LogP contribution in [0.4, 0.5) is 0 Å². The van der Waals surface area contributed by atoms with Gasteiger partial charge in [0, 0.05) is 12.8 Å². The van der Waals surface area contributed by atoms with Crippen molar-refractivity contribution in [3.8, 4) is 0 Å². The molecule has 0 spiro atoms. The average Bonchev–Trinajstić information content (AvgIpc) is 3.16. The summed E-state index contributed by atoms with van der Waals surface area (Å²) in [5.74, 6) is -1.04. The Morgan fingerprint density at radius 2 is 1.06 bits per heavy atom. The van der Waals surface area contributed by atoms with E-state index >= 15 is 0 Å². The number of hydrogen-bond donors (Lipinski definition) is 3. The second-order valence-electron chi connectivity index (χ2n) is 12.9. The molecule has 0 rings (SSSR count). The van der Waals surface area contributed by atoms with E-state index in [9.17, 15) is 24.2 Å². The largest absolute Gasteiger partial charge is 0.472 e. The molecule has 0 saturated heterocycles. The first kappa shape index (κ1) is 51.1. The Morgan fingerprint density at radius 1 is 0.574 bits per heavy atom. The molecule has 0 amide bonds. The summed E-state index contributed by atoms with van der Waals surface area (Å²) in [5, 5.41) is 18.3. The van der Waals surface area contributed by atoms with Gasteiger partial charge in [0.15, 0.2) is 6.10 Å². The smallest absolute Gasteiger partial charge is 0.462 e. The minimum Gasteiger partial charge on any atom is -0.462 e. The SMILES string of the molecule is CC/C=C\C/C=C\C/C=C\C/C=C\C/C=C\C/C=C\CCC(=O)O[C@H](COC(=O)CCCCCCC/C=C\CCCCC)COP(=O)(O)OC[C@@H](O)CO. The first-order valence-corrected chi connectivity index (χ1v) is 21.5. The van der Waals surface area contributed by atoms with Crippen LogP contribution >= 0.6 is 7.82 Å². The zero-order chi connectivity index (χ0) is 39.8. The third-order valence-electron chi connectivity index (χ3n) is 7.80. The van der Waals surface area contributed by atoms with Crippen LogP contribution in [0.1, 0.15) is 136 Å². The molecule has 0 heterocycles. The number of aliphatic hydroxyl groups is 2. The van der Waals surface area contributed by atoms with Gasteiger partial charge >= 0.3 is 19.8 Å². The number of carbonyl (C=O) groups is 2. The molecule has 308 valence electrons. The van der Waals surface area contributed by atoms with Gasteiger partial charge in [-0.25, -0.2) is 4.57 Å².